The number of aromatic nitrogens is 1. The van der Waals surface area contributed by atoms with Crippen molar-refractivity contribution < 1.29 is 33.4 Å². The van der Waals surface area contributed by atoms with Crippen LogP contribution in [0.15, 0.2) is 60.8 Å². The number of carbonyl (C=O) groups is 4. The van der Waals surface area contributed by atoms with Crippen molar-refractivity contribution >= 4 is 46.9 Å². The molecule has 1 heterocycles. The Morgan fingerprint density at radius 2 is 1.55 bits per heavy atom. The lowest BCUT2D eigenvalue weighted by Gasteiger charge is -2.31. The first-order valence-corrected chi connectivity index (χ1v) is 18.1. The maximum absolute atomic E-state index is 13.3. The predicted molar refractivity (Wildman–Crippen MR) is 208 cm³/mol. The summed E-state index contributed by atoms with van der Waals surface area (Å²) >= 11 is 0. The van der Waals surface area contributed by atoms with E-state index < -0.39 is 24.3 Å². The zero-order chi connectivity index (χ0) is 39.1. The Balaban J connectivity index is 1.74. The Morgan fingerprint density at radius 1 is 0.868 bits per heavy atom. The molecule has 3 amide bonds. The van der Waals surface area contributed by atoms with Gasteiger partial charge in [-0.25, -0.2) is 14.6 Å². The highest BCUT2D eigenvalue weighted by atomic mass is 16.7. The lowest BCUT2D eigenvalue weighted by atomic mass is 9.92. The van der Waals surface area contributed by atoms with E-state index in [1.807, 2.05) is 56.3 Å². The molecule has 1 aromatic heterocycles. The average Bonchev–Trinajstić information content (AvgIpc) is 3.09. The minimum atomic E-state index is -1.19. The van der Waals surface area contributed by atoms with Gasteiger partial charge in [0.1, 0.15) is 12.4 Å². The summed E-state index contributed by atoms with van der Waals surface area (Å²) in [4.78, 5) is 59.0. The number of esters is 2. The van der Waals surface area contributed by atoms with Crippen molar-refractivity contribution in [2.75, 3.05) is 54.2 Å². The molecule has 288 valence electrons. The summed E-state index contributed by atoms with van der Waals surface area (Å²) in [6.45, 7) is 15.6. The molecule has 0 aliphatic rings. The monoisotopic (exact) mass is 732 g/mol. The number of urea groups is 1. The summed E-state index contributed by atoms with van der Waals surface area (Å²) in [6, 6.07) is 16.5. The first kappa shape index (κ1) is 42.2. The number of carbonyl (C=O) groups excluding carboxylic acids is 4. The van der Waals surface area contributed by atoms with Crippen LogP contribution in [-0.4, -0.2) is 69.1 Å². The van der Waals surface area contributed by atoms with Gasteiger partial charge in [-0.2, -0.15) is 0 Å². The molecule has 0 radical (unpaired) electrons. The van der Waals surface area contributed by atoms with Crippen molar-refractivity contribution in [1.29, 1.82) is 0 Å². The van der Waals surface area contributed by atoms with Crippen LogP contribution >= 0.6 is 0 Å². The summed E-state index contributed by atoms with van der Waals surface area (Å²) < 4.78 is 16.2. The fourth-order valence-corrected chi connectivity index (χ4v) is 5.72. The van der Waals surface area contributed by atoms with Crippen molar-refractivity contribution in [2.45, 2.75) is 80.1 Å². The lowest BCUT2D eigenvalue weighted by molar-refractivity contribution is -0.165. The summed E-state index contributed by atoms with van der Waals surface area (Å²) in [7, 11) is 3.10. The van der Waals surface area contributed by atoms with E-state index in [1.54, 1.807) is 19.2 Å². The molecule has 0 aliphatic heterocycles. The smallest absolute Gasteiger partial charge is 0.418 e. The third-order valence-electron chi connectivity index (χ3n) is 8.20. The topological polar surface area (TPSA) is 151 Å². The number of hydrogen-bond acceptors (Lipinski definition) is 10. The summed E-state index contributed by atoms with van der Waals surface area (Å²) in [5.74, 6) is -0.240. The van der Waals surface area contributed by atoms with Crippen LogP contribution in [0.25, 0.3) is 0 Å². The number of aryl methyl sites for hydroxylation is 1. The molecule has 0 aliphatic carbocycles. The molecule has 0 fully saturated rings. The van der Waals surface area contributed by atoms with E-state index in [0.717, 1.165) is 34.8 Å². The van der Waals surface area contributed by atoms with Gasteiger partial charge in [0, 0.05) is 44.5 Å². The standard InChI is InChI=1S/C40H56N6O7/c1-10-30(21-36(47)52-29(7)53-40(50)45(9)38-32(12-11-19-42-38)25-51-37(48)22-41-8)31-15-18-35(46(23-26(2)3)24-27(4)5)34(20-31)44-39(49)43-33-16-13-28(6)14-17-33/h11-20,26-27,29-30,41H,10,21-25H2,1-9H3,(H2,43,44,49)/t29?,30-/m0/s1. The Kier molecular flexibility index (Phi) is 16.5. The molecule has 3 rings (SSSR count). The molecule has 2 atom stereocenters. The number of nitrogens with one attached hydrogen (secondary N) is 3. The van der Waals surface area contributed by atoms with Gasteiger partial charge < -0.3 is 35.1 Å². The Bertz CT molecular complexity index is 1650. The van der Waals surface area contributed by atoms with Crippen LogP contribution in [-0.2, 0) is 30.4 Å². The third kappa shape index (κ3) is 13.7. The minimum absolute atomic E-state index is 0.0205. The number of hydrogen-bond donors (Lipinski definition) is 3. The van der Waals surface area contributed by atoms with Crippen molar-refractivity contribution in [3.63, 3.8) is 0 Å². The number of likely N-dealkylation sites (N-methyl/N-ethyl adjacent to an activating group) is 1. The molecule has 1 unspecified atom stereocenters. The molecule has 13 nitrogen and oxygen atoms in total. The van der Waals surface area contributed by atoms with Gasteiger partial charge in [0.2, 0.25) is 6.29 Å². The first-order chi connectivity index (χ1) is 25.2. The molecule has 3 aromatic rings. The molecule has 3 N–H and O–H groups in total. The van der Waals surface area contributed by atoms with E-state index in [0.29, 0.717) is 35.2 Å². The number of nitrogens with zero attached hydrogens (tertiary/aromatic N) is 3. The molecule has 0 saturated carbocycles. The largest absolute Gasteiger partial charge is 0.460 e. The number of pyridine rings is 1. The van der Waals surface area contributed by atoms with Crippen LogP contribution in [0.1, 0.15) is 77.0 Å². The van der Waals surface area contributed by atoms with Crippen LogP contribution in [0.2, 0.25) is 0 Å². The van der Waals surface area contributed by atoms with Crippen molar-refractivity contribution in [3.05, 3.63) is 77.5 Å². The van der Waals surface area contributed by atoms with Gasteiger partial charge in [-0.1, -0.05) is 64.4 Å². The predicted octanol–water partition coefficient (Wildman–Crippen LogP) is 7.46. The summed E-state index contributed by atoms with van der Waals surface area (Å²) in [5.41, 5.74) is 4.65. The fourth-order valence-electron chi connectivity index (χ4n) is 5.72. The highest BCUT2D eigenvalue weighted by Gasteiger charge is 2.25. The highest BCUT2D eigenvalue weighted by molar-refractivity contribution is 6.02. The normalized spacial score (nSPS) is 12.1. The quantitative estimate of drug-likeness (QED) is 0.0888. The number of rotatable bonds is 18. The van der Waals surface area contributed by atoms with Crippen molar-refractivity contribution in [1.82, 2.24) is 10.3 Å². The zero-order valence-corrected chi connectivity index (χ0v) is 32.5. The van der Waals surface area contributed by atoms with E-state index in [2.05, 4.69) is 53.5 Å². The third-order valence-corrected chi connectivity index (χ3v) is 8.20. The average molecular weight is 733 g/mol. The molecular formula is C40H56N6O7. The number of amides is 3. The van der Waals surface area contributed by atoms with Gasteiger partial charge in [-0.3, -0.25) is 14.5 Å². The molecule has 0 saturated heterocycles. The number of benzene rings is 2. The Labute approximate surface area is 313 Å². The van der Waals surface area contributed by atoms with Crippen molar-refractivity contribution in [3.8, 4) is 0 Å². The molecule has 0 spiro atoms. The fraction of sp³-hybridized carbons (Fsp3) is 0.475. The van der Waals surface area contributed by atoms with Crippen molar-refractivity contribution in [2.24, 2.45) is 11.8 Å². The Hall–Kier alpha value is -5.17. The van der Waals surface area contributed by atoms with Crippen LogP contribution < -0.4 is 25.8 Å². The number of anilines is 4. The van der Waals surface area contributed by atoms with Crippen LogP contribution in [0, 0.1) is 18.8 Å². The lowest BCUT2D eigenvalue weighted by Crippen LogP contribution is -2.33. The van der Waals surface area contributed by atoms with Crippen LogP contribution in [0.5, 0.6) is 0 Å². The van der Waals surface area contributed by atoms with Gasteiger partial charge in [0.25, 0.3) is 0 Å². The minimum Gasteiger partial charge on any atom is -0.460 e. The van der Waals surface area contributed by atoms with E-state index >= 15 is 0 Å². The molecular weight excluding hydrogens is 676 g/mol. The second-order valence-electron chi connectivity index (χ2n) is 13.9. The highest BCUT2D eigenvalue weighted by Crippen LogP contribution is 2.34. The second-order valence-corrected chi connectivity index (χ2v) is 13.9. The van der Waals surface area contributed by atoms with Gasteiger partial charge in [-0.05, 0) is 74.0 Å². The zero-order valence-electron chi connectivity index (χ0n) is 32.5. The van der Waals surface area contributed by atoms with Gasteiger partial charge in [0.15, 0.2) is 0 Å². The van der Waals surface area contributed by atoms with Gasteiger partial charge in [0.05, 0.1) is 24.3 Å². The van der Waals surface area contributed by atoms with Crippen LogP contribution in [0.3, 0.4) is 0 Å². The molecule has 53 heavy (non-hydrogen) atoms. The Morgan fingerprint density at radius 3 is 2.17 bits per heavy atom. The van der Waals surface area contributed by atoms with Gasteiger partial charge in [-0.15, -0.1) is 0 Å². The van der Waals surface area contributed by atoms with Gasteiger partial charge >= 0.3 is 24.1 Å². The molecule has 0 bridgehead atoms. The van der Waals surface area contributed by atoms with Crippen LogP contribution in [0.4, 0.5) is 32.5 Å². The maximum atomic E-state index is 13.3. The summed E-state index contributed by atoms with van der Waals surface area (Å²) in [6.07, 6.45) is 0.140. The molecule has 13 heteroatoms. The molecule has 2 aromatic carbocycles. The second kappa shape index (κ2) is 20.8. The number of ether oxygens (including phenoxy) is 3. The van der Waals surface area contributed by atoms with E-state index in [1.165, 1.54) is 20.2 Å². The maximum Gasteiger partial charge on any atom is 0.418 e. The van der Waals surface area contributed by atoms with E-state index in [4.69, 9.17) is 14.2 Å². The summed E-state index contributed by atoms with van der Waals surface area (Å²) in [5, 5.41) is 8.71. The SMILES string of the molecule is CC[C@@H](CC(=O)OC(C)OC(=O)N(C)c1ncccc1COC(=O)CNC)c1ccc(N(CC(C)C)CC(C)C)c(NC(=O)Nc2ccc(C)cc2)c1. The van der Waals surface area contributed by atoms with E-state index in [-0.39, 0.29) is 37.3 Å². The first-order valence-electron chi connectivity index (χ1n) is 18.1. The van der Waals surface area contributed by atoms with E-state index in [9.17, 15) is 19.2 Å².